The molecule has 4 unspecified atom stereocenters. The molecular weight excluding hydrogens is 416 g/mol. The van der Waals surface area contributed by atoms with Crippen LogP contribution in [0.2, 0.25) is 0 Å². The summed E-state index contributed by atoms with van der Waals surface area (Å²) in [5, 5.41) is 0. The monoisotopic (exact) mass is 446 g/mol. The summed E-state index contributed by atoms with van der Waals surface area (Å²) in [5.41, 5.74) is -0.212. The fourth-order valence-electron chi connectivity index (χ4n) is 5.77. The van der Waals surface area contributed by atoms with Crippen LogP contribution in [0.4, 0.5) is 17.6 Å². The first-order chi connectivity index (χ1) is 15.5. The summed E-state index contributed by atoms with van der Waals surface area (Å²) in [6.07, 6.45) is 10.7. The Labute approximate surface area is 187 Å². The van der Waals surface area contributed by atoms with Crippen LogP contribution in [0.1, 0.15) is 63.9 Å². The predicted molar refractivity (Wildman–Crippen MR) is 119 cm³/mol. The van der Waals surface area contributed by atoms with Gasteiger partial charge in [0, 0.05) is 11.1 Å². The third-order valence-corrected chi connectivity index (χ3v) is 7.25. The molecule has 5 heteroatoms. The fourth-order valence-corrected chi connectivity index (χ4v) is 5.77. The Hall–Kier alpha value is -2.30. The Morgan fingerprint density at radius 3 is 2.22 bits per heavy atom. The van der Waals surface area contributed by atoms with Crippen LogP contribution < -0.4 is 4.74 Å². The summed E-state index contributed by atoms with van der Waals surface area (Å²) in [5.74, 6) is -3.40. The van der Waals surface area contributed by atoms with E-state index in [9.17, 15) is 8.78 Å². The molecule has 0 radical (unpaired) electrons. The predicted octanol–water partition coefficient (Wildman–Crippen LogP) is 8.18. The van der Waals surface area contributed by atoms with Gasteiger partial charge in [-0.3, -0.25) is 0 Å². The van der Waals surface area contributed by atoms with E-state index >= 15 is 8.78 Å². The van der Waals surface area contributed by atoms with E-state index in [-0.39, 0.29) is 29.4 Å². The second-order valence-electron chi connectivity index (χ2n) is 8.97. The summed E-state index contributed by atoms with van der Waals surface area (Å²) in [6.45, 7) is 3.98. The molecule has 0 heterocycles. The van der Waals surface area contributed by atoms with E-state index in [1.165, 1.54) is 18.2 Å². The molecule has 0 N–H and O–H groups in total. The van der Waals surface area contributed by atoms with Gasteiger partial charge in [-0.15, -0.1) is 0 Å². The van der Waals surface area contributed by atoms with Crippen molar-refractivity contribution < 1.29 is 22.3 Å². The Balaban J connectivity index is 1.60. The van der Waals surface area contributed by atoms with Gasteiger partial charge in [-0.25, -0.2) is 13.2 Å². The number of allylic oxidation sites excluding steroid dienone is 2. The maximum absolute atomic E-state index is 15.2. The molecule has 0 aliphatic heterocycles. The van der Waals surface area contributed by atoms with Crippen molar-refractivity contribution in [2.75, 3.05) is 6.61 Å². The largest absolute Gasteiger partial charge is 0.491 e. The van der Waals surface area contributed by atoms with E-state index in [2.05, 4.69) is 19.1 Å². The van der Waals surface area contributed by atoms with E-state index in [1.54, 1.807) is 13.0 Å². The van der Waals surface area contributed by atoms with Crippen LogP contribution >= 0.6 is 0 Å². The van der Waals surface area contributed by atoms with Gasteiger partial charge in [-0.1, -0.05) is 37.6 Å². The number of rotatable bonds is 7. The highest BCUT2D eigenvalue weighted by atomic mass is 19.2. The minimum absolute atomic E-state index is 0.0324. The summed E-state index contributed by atoms with van der Waals surface area (Å²) in [4.78, 5) is 0. The molecule has 0 amide bonds. The number of hydrogen-bond donors (Lipinski definition) is 0. The van der Waals surface area contributed by atoms with Crippen LogP contribution in [0.15, 0.2) is 36.4 Å². The summed E-state index contributed by atoms with van der Waals surface area (Å²) >= 11 is 0. The first kappa shape index (κ1) is 22.9. The van der Waals surface area contributed by atoms with Gasteiger partial charge in [-0.05, 0) is 80.4 Å². The Bertz CT molecular complexity index is 1000. The highest BCUT2D eigenvalue weighted by Gasteiger charge is 2.45. The number of unbranched alkanes of at least 4 members (excludes halogenated alkanes) is 1. The molecule has 2 aromatic carbocycles. The van der Waals surface area contributed by atoms with Gasteiger partial charge in [0.15, 0.2) is 23.2 Å². The number of benzene rings is 2. The molecule has 0 saturated heterocycles. The van der Waals surface area contributed by atoms with E-state index in [4.69, 9.17) is 4.74 Å². The lowest BCUT2D eigenvalue weighted by molar-refractivity contribution is 0.314. The number of fused-ring (bicyclic) bond motifs is 1. The Morgan fingerprint density at radius 1 is 0.812 bits per heavy atom. The molecule has 2 saturated carbocycles. The lowest BCUT2D eigenvalue weighted by Crippen LogP contribution is -2.13. The molecule has 172 valence electrons. The normalized spacial score (nSPS) is 24.9. The molecular formula is C27H30F4O. The fraction of sp³-hybridized carbons (Fsp3) is 0.481. The van der Waals surface area contributed by atoms with Crippen molar-refractivity contribution >= 4 is 0 Å². The second kappa shape index (κ2) is 9.68. The van der Waals surface area contributed by atoms with Crippen LogP contribution in [0.5, 0.6) is 5.75 Å². The molecule has 32 heavy (non-hydrogen) atoms. The minimum atomic E-state index is -1.24. The second-order valence-corrected chi connectivity index (χ2v) is 8.97. The molecule has 4 atom stereocenters. The maximum atomic E-state index is 15.2. The van der Waals surface area contributed by atoms with Gasteiger partial charge >= 0.3 is 0 Å². The minimum Gasteiger partial charge on any atom is -0.491 e. The van der Waals surface area contributed by atoms with Gasteiger partial charge < -0.3 is 4.74 Å². The van der Waals surface area contributed by atoms with Crippen molar-refractivity contribution in [3.05, 3.63) is 65.2 Å². The summed E-state index contributed by atoms with van der Waals surface area (Å²) < 4.78 is 64.2. The number of halogens is 4. The highest BCUT2D eigenvalue weighted by molar-refractivity contribution is 5.67. The van der Waals surface area contributed by atoms with Crippen molar-refractivity contribution in [1.29, 1.82) is 0 Å². The molecule has 4 rings (SSSR count). The van der Waals surface area contributed by atoms with Crippen molar-refractivity contribution in [1.82, 2.24) is 0 Å². The van der Waals surface area contributed by atoms with Gasteiger partial charge in [-0.2, -0.15) is 4.39 Å². The third-order valence-electron chi connectivity index (χ3n) is 7.25. The van der Waals surface area contributed by atoms with Crippen LogP contribution in [-0.2, 0) is 0 Å². The zero-order valence-corrected chi connectivity index (χ0v) is 18.6. The van der Waals surface area contributed by atoms with Gasteiger partial charge in [0.25, 0.3) is 0 Å². The molecule has 2 aromatic rings. The third kappa shape index (κ3) is 4.06. The first-order valence-electron chi connectivity index (χ1n) is 11.7. The van der Waals surface area contributed by atoms with Crippen LogP contribution in [0.25, 0.3) is 11.1 Å². The Morgan fingerprint density at radius 2 is 1.50 bits per heavy atom. The molecule has 2 fully saturated rings. The molecule has 2 aliphatic rings. The Kier molecular flexibility index (Phi) is 6.92. The average molecular weight is 447 g/mol. The average Bonchev–Trinajstić information content (AvgIpc) is 3.37. The smallest absolute Gasteiger partial charge is 0.201 e. The standard InChI is InChI=1S/C27H30F4O/c1-3-5-6-7-16-8-9-18-17(16)10-11-19(18)20-12-13-21(25(29)24(20)28)22-14-15-23(32-4-2)27(31)26(22)30/h6-7,12-19H,3-5,8-11H2,1-2H3. The van der Waals surface area contributed by atoms with Crippen molar-refractivity contribution in [3.8, 4) is 16.9 Å². The zero-order chi connectivity index (χ0) is 22.8. The number of ether oxygens (including phenoxy) is 1. The molecule has 0 spiro atoms. The summed E-state index contributed by atoms with van der Waals surface area (Å²) in [7, 11) is 0. The lowest BCUT2D eigenvalue weighted by Gasteiger charge is -2.21. The molecule has 1 nitrogen and oxygen atoms in total. The van der Waals surface area contributed by atoms with Crippen molar-refractivity contribution in [2.24, 2.45) is 17.8 Å². The molecule has 0 bridgehead atoms. The van der Waals surface area contributed by atoms with Crippen LogP contribution in [-0.4, -0.2) is 6.61 Å². The van der Waals surface area contributed by atoms with E-state index < -0.39 is 23.3 Å². The van der Waals surface area contributed by atoms with E-state index in [1.807, 2.05) is 0 Å². The van der Waals surface area contributed by atoms with Gasteiger partial charge in [0.1, 0.15) is 0 Å². The van der Waals surface area contributed by atoms with Crippen LogP contribution in [0, 0.1) is 41.0 Å². The van der Waals surface area contributed by atoms with Crippen molar-refractivity contribution in [3.63, 3.8) is 0 Å². The maximum Gasteiger partial charge on any atom is 0.201 e. The van der Waals surface area contributed by atoms with Gasteiger partial charge in [0.2, 0.25) is 5.82 Å². The van der Waals surface area contributed by atoms with Crippen molar-refractivity contribution in [2.45, 2.75) is 58.3 Å². The lowest BCUT2D eigenvalue weighted by atomic mass is 9.84. The zero-order valence-electron chi connectivity index (χ0n) is 18.6. The summed E-state index contributed by atoms with van der Waals surface area (Å²) in [6, 6.07) is 5.42. The molecule has 2 aliphatic carbocycles. The SMILES string of the molecule is CCCC=CC1CCC2C(c3ccc(-c4ccc(OCC)c(F)c4F)c(F)c3F)CCC12. The highest BCUT2D eigenvalue weighted by Crippen LogP contribution is 2.55. The van der Waals surface area contributed by atoms with E-state index in [0.29, 0.717) is 23.3 Å². The van der Waals surface area contributed by atoms with Gasteiger partial charge in [0.05, 0.1) is 6.61 Å². The molecule has 0 aromatic heterocycles. The topological polar surface area (TPSA) is 9.23 Å². The van der Waals surface area contributed by atoms with Crippen LogP contribution in [0.3, 0.4) is 0 Å². The quantitative estimate of drug-likeness (QED) is 0.308. The van der Waals surface area contributed by atoms with E-state index in [0.717, 1.165) is 38.5 Å². The first-order valence-corrected chi connectivity index (χ1v) is 11.7. The number of hydrogen-bond acceptors (Lipinski definition) is 1.